The van der Waals surface area contributed by atoms with Crippen molar-refractivity contribution >= 4 is 46.4 Å². The maximum absolute atomic E-state index is 14.0. The molecule has 0 radical (unpaired) electrons. The maximum Gasteiger partial charge on any atom is 0.293 e. The zero-order valence-electron chi connectivity index (χ0n) is 34.1. The number of anilines is 5. The summed E-state index contributed by atoms with van der Waals surface area (Å²) in [6.45, 7) is 11.9. The van der Waals surface area contributed by atoms with Gasteiger partial charge in [0, 0.05) is 101 Å². The summed E-state index contributed by atoms with van der Waals surface area (Å²) >= 11 is 0. The summed E-state index contributed by atoms with van der Waals surface area (Å²) in [7, 11) is 3.23. The molecule has 0 saturated carbocycles. The van der Waals surface area contributed by atoms with Gasteiger partial charge in [-0.25, -0.2) is 9.97 Å². The molecule has 310 valence electrons. The molecule has 2 saturated heterocycles. The van der Waals surface area contributed by atoms with Crippen molar-refractivity contribution < 1.29 is 24.2 Å². The van der Waals surface area contributed by atoms with Gasteiger partial charge in [0.15, 0.2) is 5.82 Å². The number of benzene rings is 1. The van der Waals surface area contributed by atoms with Gasteiger partial charge in [-0.1, -0.05) is 20.4 Å². The number of nitrogens with zero attached hydrogens (tertiary/aromatic N) is 7. The van der Waals surface area contributed by atoms with Crippen molar-refractivity contribution in [3.05, 3.63) is 88.2 Å². The molecule has 6 heterocycles. The molecule has 16 nitrogen and oxygen atoms in total. The highest BCUT2D eigenvalue weighted by atomic mass is 16.5. The Hall–Kier alpha value is -5.84. The molecule has 4 N–H and O–H groups in total. The number of carbonyl (C=O) groups excluding carboxylic acids is 3. The molecule has 3 amide bonds. The van der Waals surface area contributed by atoms with Crippen molar-refractivity contribution in [1.82, 2.24) is 29.3 Å². The van der Waals surface area contributed by atoms with Gasteiger partial charge < -0.3 is 39.8 Å². The van der Waals surface area contributed by atoms with Crippen LogP contribution in [0.3, 0.4) is 0 Å². The number of aliphatic hydroxyl groups excluding tert-OH is 1. The Kier molecular flexibility index (Phi) is 10.9. The van der Waals surface area contributed by atoms with Crippen LogP contribution in [0.4, 0.5) is 28.7 Å². The number of amides is 3. The largest absolute Gasteiger partial charge is 0.392 e. The second-order valence-electron chi connectivity index (χ2n) is 16.5. The van der Waals surface area contributed by atoms with Crippen LogP contribution in [0.1, 0.15) is 54.0 Å². The number of pyridine rings is 1. The zero-order chi connectivity index (χ0) is 41.6. The molecular weight excluding hydrogens is 753 g/mol. The van der Waals surface area contributed by atoms with Gasteiger partial charge in [0.2, 0.25) is 11.8 Å². The SMILES string of the molecule is C=CC(=O)Nc1cc(Nc2nc(-c3ccnc(N4CCn5c(cc6c5CC(C)(C)C6)C4=O)c3CO)cn(C)c2=O)ccc1N1CCN(C2CCOCC2)C[C@@H]1C(=O)NC. The summed E-state index contributed by atoms with van der Waals surface area (Å²) in [6, 6.07) is 8.81. The first-order valence-electron chi connectivity index (χ1n) is 20.2. The normalized spacial score (nSPS) is 19.3. The van der Waals surface area contributed by atoms with Crippen LogP contribution in [-0.2, 0) is 47.4 Å². The first-order valence-corrected chi connectivity index (χ1v) is 20.2. The lowest BCUT2D eigenvalue weighted by atomic mass is 9.90. The lowest BCUT2D eigenvalue weighted by Gasteiger charge is -2.45. The fourth-order valence-corrected chi connectivity index (χ4v) is 9.19. The van der Waals surface area contributed by atoms with Crippen LogP contribution in [0.5, 0.6) is 0 Å². The van der Waals surface area contributed by atoms with E-state index in [1.165, 1.54) is 21.9 Å². The standard InChI is InChI=1S/C43H52N10O6/c1-6-37(55)47-31-20-27(7-8-33(31)51-14-13-50(24-36(51)40(56)44-4)28-10-17-59-18-11-28)46-38-42(58)49(5)23-32(48-38)29-9-12-45-39(30(29)25-54)53-16-15-52-34(41(53)57)19-26-21-43(2,3)22-35(26)52/h6-9,12,19-20,23,28,36,54H,1,10-11,13-18,21-22,24-25H2,2-5H3,(H,44,56)(H,46,48)(H,47,55)/t36-/m1/s1. The Labute approximate surface area is 342 Å². The molecule has 4 aliphatic rings. The fourth-order valence-electron chi connectivity index (χ4n) is 9.19. The highest BCUT2D eigenvalue weighted by Gasteiger charge is 2.39. The van der Waals surface area contributed by atoms with E-state index in [-0.39, 0.29) is 23.0 Å². The highest BCUT2D eigenvalue weighted by molar-refractivity contribution is 6.06. The Morgan fingerprint density at radius 2 is 1.86 bits per heavy atom. The van der Waals surface area contributed by atoms with E-state index in [1.807, 2.05) is 17.0 Å². The van der Waals surface area contributed by atoms with Gasteiger partial charge in [-0.15, -0.1) is 0 Å². The van der Waals surface area contributed by atoms with E-state index < -0.39 is 24.1 Å². The molecule has 4 aromatic rings. The minimum absolute atomic E-state index is 0.00127. The molecule has 8 rings (SSSR count). The molecule has 1 atom stereocenters. The highest BCUT2D eigenvalue weighted by Crippen LogP contribution is 2.40. The Morgan fingerprint density at radius 3 is 2.61 bits per heavy atom. The quantitative estimate of drug-likeness (QED) is 0.173. The number of fused-ring (bicyclic) bond motifs is 3. The lowest BCUT2D eigenvalue weighted by molar-refractivity contribution is -0.123. The third-order valence-electron chi connectivity index (χ3n) is 12.1. The van der Waals surface area contributed by atoms with Crippen LogP contribution in [-0.4, -0.2) is 105 Å². The Bertz CT molecular complexity index is 2380. The van der Waals surface area contributed by atoms with Crippen LogP contribution < -0.4 is 31.3 Å². The summed E-state index contributed by atoms with van der Waals surface area (Å²) in [5, 5.41) is 19.7. The van der Waals surface area contributed by atoms with Crippen LogP contribution in [0.2, 0.25) is 0 Å². The number of hydrogen-bond acceptors (Lipinski definition) is 11. The molecule has 0 unspecified atom stereocenters. The first-order chi connectivity index (χ1) is 28.4. The maximum atomic E-state index is 14.0. The molecule has 3 aromatic heterocycles. The average Bonchev–Trinajstić information content (AvgIpc) is 3.74. The van der Waals surface area contributed by atoms with Gasteiger partial charge in [-0.3, -0.25) is 29.0 Å². The summed E-state index contributed by atoms with van der Waals surface area (Å²) in [6.07, 6.45) is 7.99. The van der Waals surface area contributed by atoms with E-state index in [4.69, 9.17) is 9.72 Å². The van der Waals surface area contributed by atoms with Crippen LogP contribution in [0, 0.1) is 5.41 Å². The number of aromatic nitrogens is 4. The van der Waals surface area contributed by atoms with E-state index in [2.05, 4.69) is 50.8 Å². The van der Waals surface area contributed by atoms with Crippen molar-refractivity contribution in [1.29, 1.82) is 0 Å². The minimum atomic E-state index is -0.523. The third kappa shape index (κ3) is 7.63. The molecule has 1 aromatic carbocycles. The van der Waals surface area contributed by atoms with Crippen molar-refractivity contribution in [2.75, 3.05) is 66.9 Å². The van der Waals surface area contributed by atoms with Crippen molar-refractivity contribution in [3.63, 3.8) is 0 Å². The van der Waals surface area contributed by atoms with Gasteiger partial charge in [0.25, 0.3) is 11.5 Å². The summed E-state index contributed by atoms with van der Waals surface area (Å²) in [4.78, 5) is 69.0. The van der Waals surface area contributed by atoms with Gasteiger partial charge in [0.05, 0.1) is 23.7 Å². The van der Waals surface area contributed by atoms with Gasteiger partial charge in [-0.05, 0) is 73.1 Å². The zero-order valence-corrected chi connectivity index (χ0v) is 34.1. The number of likely N-dealkylation sites (N-methyl/N-ethyl adjacent to an activating group) is 1. The second kappa shape index (κ2) is 16.1. The number of hydrogen-bond donors (Lipinski definition) is 4. The van der Waals surface area contributed by atoms with Crippen LogP contribution in [0.15, 0.2) is 60.2 Å². The smallest absolute Gasteiger partial charge is 0.293 e. The predicted octanol–water partition coefficient (Wildman–Crippen LogP) is 3.21. The first kappa shape index (κ1) is 40.0. The minimum Gasteiger partial charge on any atom is -0.392 e. The van der Waals surface area contributed by atoms with E-state index in [9.17, 15) is 24.3 Å². The number of rotatable bonds is 10. The number of aliphatic hydroxyl groups is 1. The predicted molar refractivity (Wildman–Crippen MR) is 225 cm³/mol. The number of ether oxygens (including phenoxy) is 1. The fraction of sp³-hybridized carbons (Fsp3) is 0.442. The van der Waals surface area contributed by atoms with E-state index in [1.54, 1.807) is 49.6 Å². The number of carbonyl (C=O) groups is 3. The molecular formula is C43H52N10O6. The topological polar surface area (TPSA) is 179 Å². The van der Waals surface area contributed by atoms with E-state index in [0.29, 0.717) is 90.8 Å². The van der Waals surface area contributed by atoms with E-state index in [0.717, 1.165) is 32.2 Å². The number of nitrogens with one attached hydrogen (secondary N) is 3. The van der Waals surface area contributed by atoms with Crippen LogP contribution >= 0.6 is 0 Å². The lowest BCUT2D eigenvalue weighted by Crippen LogP contribution is -2.61. The monoisotopic (exact) mass is 804 g/mol. The Morgan fingerprint density at radius 1 is 1.07 bits per heavy atom. The molecule has 3 aliphatic heterocycles. The Balaban J connectivity index is 1.09. The summed E-state index contributed by atoms with van der Waals surface area (Å²) < 4.78 is 9.11. The average molecular weight is 805 g/mol. The van der Waals surface area contributed by atoms with Gasteiger partial charge in [-0.2, -0.15) is 0 Å². The summed E-state index contributed by atoms with van der Waals surface area (Å²) in [5.41, 5.74) is 5.63. The van der Waals surface area contributed by atoms with Crippen molar-refractivity contribution in [3.8, 4) is 11.3 Å². The molecule has 59 heavy (non-hydrogen) atoms. The van der Waals surface area contributed by atoms with E-state index >= 15 is 0 Å². The number of piperazine rings is 1. The molecule has 1 aliphatic carbocycles. The molecule has 0 spiro atoms. The molecule has 2 fully saturated rings. The molecule has 16 heteroatoms. The van der Waals surface area contributed by atoms with Crippen molar-refractivity contribution in [2.24, 2.45) is 12.5 Å². The second-order valence-corrected chi connectivity index (χ2v) is 16.5. The molecule has 0 bridgehead atoms. The van der Waals surface area contributed by atoms with Crippen molar-refractivity contribution in [2.45, 2.75) is 64.8 Å². The van der Waals surface area contributed by atoms with Gasteiger partial charge in [0.1, 0.15) is 17.6 Å². The summed E-state index contributed by atoms with van der Waals surface area (Å²) in [5.74, 6) is -0.407. The third-order valence-corrected chi connectivity index (χ3v) is 12.1. The van der Waals surface area contributed by atoms with Crippen LogP contribution in [0.25, 0.3) is 11.3 Å². The van der Waals surface area contributed by atoms with Gasteiger partial charge >= 0.3 is 0 Å². The number of aryl methyl sites for hydroxylation is 1.